The van der Waals surface area contributed by atoms with Gasteiger partial charge in [-0.05, 0) is 17.7 Å². The summed E-state index contributed by atoms with van der Waals surface area (Å²) in [5.41, 5.74) is 1.14. The Morgan fingerprint density at radius 1 is 0.913 bits per heavy atom. The van der Waals surface area contributed by atoms with Crippen LogP contribution in [0.5, 0.6) is 0 Å². The van der Waals surface area contributed by atoms with Gasteiger partial charge >= 0.3 is 5.69 Å². The predicted octanol–water partition coefficient (Wildman–Crippen LogP) is 1.52. The van der Waals surface area contributed by atoms with Crippen molar-refractivity contribution < 1.29 is 0 Å². The minimum atomic E-state index is -0.507. The maximum absolute atomic E-state index is 12.6. The van der Waals surface area contributed by atoms with Gasteiger partial charge in [0.1, 0.15) is 5.69 Å². The first kappa shape index (κ1) is 13.4. The molecular formula is C17H12N4O2. The number of benzene rings is 2. The molecule has 4 aromatic rings. The van der Waals surface area contributed by atoms with Crippen LogP contribution in [0.4, 0.5) is 0 Å². The lowest BCUT2D eigenvalue weighted by Crippen LogP contribution is -2.32. The smallest absolute Gasteiger partial charge is 0.306 e. The maximum Gasteiger partial charge on any atom is 0.334 e. The Kier molecular flexibility index (Phi) is 3.01. The fourth-order valence-electron chi connectivity index (χ4n) is 2.64. The van der Waals surface area contributed by atoms with E-state index >= 15 is 0 Å². The van der Waals surface area contributed by atoms with Gasteiger partial charge in [-0.25, -0.2) is 9.20 Å². The van der Waals surface area contributed by atoms with Crippen molar-refractivity contribution in [3.63, 3.8) is 0 Å². The Morgan fingerprint density at radius 3 is 2.48 bits per heavy atom. The quantitative estimate of drug-likeness (QED) is 0.569. The first-order valence-electron chi connectivity index (χ1n) is 7.17. The third-order valence-corrected chi connectivity index (χ3v) is 3.75. The third-order valence-electron chi connectivity index (χ3n) is 3.75. The standard InChI is InChI=1S/C17H12N4O2/c22-16-14(10-11-6-2-1-3-7-11)19-20-15-12-8-4-5-9-13(12)18-17(23)21(15)16/h1-9H,10H2,(H,18,23). The number of aromatic amines is 1. The van der Waals surface area contributed by atoms with Crippen molar-refractivity contribution in [2.24, 2.45) is 0 Å². The molecule has 6 heteroatoms. The van der Waals surface area contributed by atoms with E-state index in [2.05, 4.69) is 15.2 Å². The molecule has 0 fully saturated rings. The van der Waals surface area contributed by atoms with E-state index in [1.165, 1.54) is 0 Å². The molecule has 0 aliphatic carbocycles. The molecule has 0 saturated carbocycles. The summed E-state index contributed by atoms with van der Waals surface area (Å²) in [4.78, 5) is 27.6. The summed E-state index contributed by atoms with van der Waals surface area (Å²) in [6.45, 7) is 0. The van der Waals surface area contributed by atoms with Crippen LogP contribution in [0.25, 0.3) is 16.6 Å². The van der Waals surface area contributed by atoms with Crippen LogP contribution in [0, 0.1) is 0 Å². The fourth-order valence-corrected chi connectivity index (χ4v) is 2.64. The number of aromatic nitrogens is 4. The van der Waals surface area contributed by atoms with Crippen molar-refractivity contribution in [3.8, 4) is 0 Å². The Morgan fingerprint density at radius 2 is 1.65 bits per heavy atom. The first-order valence-corrected chi connectivity index (χ1v) is 7.17. The van der Waals surface area contributed by atoms with Crippen molar-refractivity contribution in [2.45, 2.75) is 6.42 Å². The minimum Gasteiger partial charge on any atom is -0.306 e. The van der Waals surface area contributed by atoms with Gasteiger partial charge in [0, 0.05) is 11.8 Å². The summed E-state index contributed by atoms with van der Waals surface area (Å²) in [5.74, 6) is 0. The second-order valence-electron chi connectivity index (χ2n) is 5.25. The molecule has 6 nitrogen and oxygen atoms in total. The highest BCUT2D eigenvalue weighted by Gasteiger charge is 2.12. The van der Waals surface area contributed by atoms with Crippen LogP contribution in [0.1, 0.15) is 11.3 Å². The largest absolute Gasteiger partial charge is 0.334 e. The molecule has 0 radical (unpaired) electrons. The molecule has 0 aliphatic heterocycles. The molecule has 0 bridgehead atoms. The van der Waals surface area contributed by atoms with Crippen LogP contribution in [-0.2, 0) is 6.42 Å². The number of fused-ring (bicyclic) bond motifs is 3. The zero-order valence-electron chi connectivity index (χ0n) is 12.1. The summed E-state index contributed by atoms with van der Waals surface area (Å²) >= 11 is 0. The molecule has 4 rings (SSSR count). The van der Waals surface area contributed by atoms with Crippen molar-refractivity contribution in [3.05, 3.63) is 86.7 Å². The number of nitrogens with zero attached hydrogens (tertiary/aromatic N) is 3. The summed E-state index contributed by atoms with van der Waals surface area (Å²) in [6, 6.07) is 16.7. The lowest BCUT2D eigenvalue weighted by molar-refractivity contribution is 0.834. The van der Waals surface area contributed by atoms with Crippen LogP contribution in [-0.4, -0.2) is 19.6 Å². The number of rotatable bonds is 2. The molecule has 0 saturated heterocycles. The van der Waals surface area contributed by atoms with Crippen molar-refractivity contribution >= 4 is 16.6 Å². The molecular weight excluding hydrogens is 292 g/mol. The van der Waals surface area contributed by atoms with E-state index in [4.69, 9.17) is 0 Å². The van der Waals surface area contributed by atoms with Gasteiger partial charge < -0.3 is 4.98 Å². The Hall–Kier alpha value is -3.28. The van der Waals surface area contributed by atoms with Crippen LogP contribution in [0.15, 0.2) is 64.2 Å². The summed E-state index contributed by atoms with van der Waals surface area (Å²) < 4.78 is 1.05. The molecule has 0 atom stereocenters. The molecule has 1 N–H and O–H groups in total. The lowest BCUT2D eigenvalue weighted by Gasteiger charge is -2.05. The topological polar surface area (TPSA) is 80.1 Å². The van der Waals surface area contributed by atoms with Crippen molar-refractivity contribution in [2.75, 3.05) is 0 Å². The number of nitrogens with one attached hydrogen (secondary N) is 1. The zero-order chi connectivity index (χ0) is 15.8. The summed E-state index contributed by atoms with van der Waals surface area (Å²) in [7, 11) is 0. The highest BCUT2D eigenvalue weighted by atomic mass is 16.2. The van der Waals surface area contributed by atoms with Gasteiger partial charge in [-0.3, -0.25) is 4.79 Å². The van der Waals surface area contributed by atoms with Gasteiger partial charge in [-0.2, -0.15) is 0 Å². The molecule has 2 heterocycles. The average molecular weight is 304 g/mol. The predicted molar refractivity (Wildman–Crippen MR) is 86.6 cm³/mol. The highest BCUT2D eigenvalue weighted by molar-refractivity contribution is 5.90. The summed E-state index contributed by atoms with van der Waals surface area (Å²) in [5, 5.41) is 8.86. The van der Waals surface area contributed by atoms with E-state index in [0.29, 0.717) is 17.3 Å². The second-order valence-corrected chi connectivity index (χ2v) is 5.25. The van der Waals surface area contributed by atoms with Crippen molar-refractivity contribution in [1.29, 1.82) is 0 Å². The zero-order valence-corrected chi connectivity index (χ0v) is 12.1. The molecule has 0 aliphatic rings. The van der Waals surface area contributed by atoms with Crippen LogP contribution < -0.4 is 11.2 Å². The molecule has 23 heavy (non-hydrogen) atoms. The van der Waals surface area contributed by atoms with Gasteiger partial charge in [-0.1, -0.05) is 42.5 Å². The van der Waals surface area contributed by atoms with E-state index in [1.807, 2.05) is 42.5 Å². The number of H-pyrrole nitrogens is 1. The fraction of sp³-hybridized carbons (Fsp3) is 0.0588. The molecule has 0 unspecified atom stereocenters. The van der Waals surface area contributed by atoms with Crippen LogP contribution in [0.2, 0.25) is 0 Å². The van der Waals surface area contributed by atoms with Gasteiger partial charge in [0.2, 0.25) is 0 Å². The monoisotopic (exact) mass is 304 g/mol. The van der Waals surface area contributed by atoms with Gasteiger partial charge in [0.15, 0.2) is 5.65 Å². The lowest BCUT2D eigenvalue weighted by atomic mass is 10.1. The van der Waals surface area contributed by atoms with E-state index in [1.54, 1.807) is 12.1 Å². The van der Waals surface area contributed by atoms with Gasteiger partial charge in [0.25, 0.3) is 5.56 Å². The first-order chi connectivity index (χ1) is 11.2. The van der Waals surface area contributed by atoms with Crippen LogP contribution in [0.3, 0.4) is 0 Å². The van der Waals surface area contributed by atoms with Crippen LogP contribution >= 0.6 is 0 Å². The third kappa shape index (κ3) is 2.20. The van der Waals surface area contributed by atoms with Crippen molar-refractivity contribution in [1.82, 2.24) is 19.6 Å². The molecule has 0 spiro atoms. The number of hydrogen-bond acceptors (Lipinski definition) is 4. The Bertz CT molecular complexity index is 1130. The molecule has 2 aromatic heterocycles. The van der Waals surface area contributed by atoms with Gasteiger partial charge in [-0.15, -0.1) is 10.2 Å². The number of hydrogen-bond donors (Lipinski definition) is 1. The molecule has 0 amide bonds. The average Bonchev–Trinajstić information content (AvgIpc) is 2.58. The second kappa shape index (κ2) is 5.17. The van der Waals surface area contributed by atoms with E-state index in [0.717, 1.165) is 9.96 Å². The van der Waals surface area contributed by atoms with E-state index < -0.39 is 11.2 Å². The summed E-state index contributed by atoms with van der Waals surface area (Å²) in [6.07, 6.45) is 0.335. The minimum absolute atomic E-state index is 0.245. The Balaban J connectivity index is 1.99. The maximum atomic E-state index is 12.6. The normalized spacial score (nSPS) is 11.1. The SMILES string of the molecule is O=c1[nH]c2ccccc2c2nnc(Cc3ccccc3)c(=O)n12. The Labute approximate surface area is 130 Å². The van der Waals surface area contributed by atoms with E-state index in [9.17, 15) is 9.59 Å². The number of para-hydroxylation sites is 1. The van der Waals surface area contributed by atoms with Gasteiger partial charge in [0.05, 0.1) is 5.52 Å². The van der Waals surface area contributed by atoms with E-state index in [-0.39, 0.29) is 11.3 Å². The molecule has 2 aromatic carbocycles. The molecule has 112 valence electrons. The highest BCUT2D eigenvalue weighted by Crippen LogP contribution is 2.12.